The van der Waals surface area contributed by atoms with E-state index in [1.807, 2.05) is 0 Å². The quantitative estimate of drug-likeness (QED) is 0.865. The highest BCUT2D eigenvalue weighted by molar-refractivity contribution is 5.19. The molecule has 2 rings (SSSR count). The lowest BCUT2D eigenvalue weighted by Crippen LogP contribution is -2.51. The fourth-order valence-corrected chi connectivity index (χ4v) is 3.30. The molecule has 0 unspecified atom stereocenters. The summed E-state index contributed by atoms with van der Waals surface area (Å²) in [6.45, 7) is 9.06. The van der Waals surface area contributed by atoms with Gasteiger partial charge in [0.1, 0.15) is 0 Å². The molecule has 0 aromatic heterocycles. The van der Waals surface area contributed by atoms with Gasteiger partial charge in [0, 0.05) is 38.3 Å². The van der Waals surface area contributed by atoms with Gasteiger partial charge in [-0.2, -0.15) is 0 Å². The molecule has 1 aromatic rings. The van der Waals surface area contributed by atoms with Crippen molar-refractivity contribution in [3.63, 3.8) is 0 Å². The van der Waals surface area contributed by atoms with Gasteiger partial charge in [-0.25, -0.2) is 0 Å². The molecule has 2 atom stereocenters. The van der Waals surface area contributed by atoms with E-state index in [1.54, 1.807) is 0 Å². The number of benzene rings is 1. The average molecular weight is 276 g/mol. The highest BCUT2D eigenvalue weighted by Crippen LogP contribution is 2.25. The standard InChI is InChI=1S/C17H28N2O/c1-3-16(14-20)18-10-12-19(13-11-18)17(4-2)15-8-6-5-7-9-15/h5-9,16-17,20H,3-4,10-14H2,1-2H3/t16-,17-/m1/s1. The van der Waals surface area contributed by atoms with Crippen LogP contribution < -0.4 is 0 Å². The van der Waals surface area contributed by atoms with Crippen LogP contribution in [0.15, 0.2) is 30.3 Å². The number of aliphatic hydroxyl groups excluding tert-OH is 1. The van der Waals surface area contributed by atoms with Gasteiger partial charge in [0.15, 0.2) is 0 Å². The van der Waals surface area contributed by atoms with Crippen molar-refractivity contribution >= 4 is 0 Å². The molecule has 3 nitrogen and oxygen atoms in total. The second kappa shape index (κ2) is 7.77. The largest absolute Gasteiger partial charge is 0.395 e. The van der Waals surface area contributed by atoms with Crippen molar-refractivity contribution < 1.29 is 5.11 Å². The number of hydrogen-bond donors (Lipinski definition) is 1. The molecule has 3 heteroatoms. The lowest BCUT2D eigenvalue weighted by atomic mass is 10.0. The normalized spacial score (nSPS) is 20.8. The monoisotopic (exact) mass is 276 g/mol. The Balaban J connectivity index is 1.95. The smallest absolute Gasteiger partial charge is 0.0586 e. The van der Waals surface area contributed by atoms with E-state index < -0.39 is 0 Å². The maximum Gasteiger partial charge on any atom is 0.0586 e. The molecule has 112 valence electrons. The van der Waals surface area contributed by atoms with Crippen LogP contribution in [0.4, 0.5) is 0 Å². The van der Waals surface area contributed by atoms with Crippen molar-refractivity contribution in [2.45, 2.75) is 38.8 Å². The van der Waals surface area contributed by atoms with Gasteiger partial charge in [-0.1, -0.05) is 44.2 Å². The highest BCUT2D eigenvalue weighted by atomic mass is 16.3. The molecule has 1 aliphatic rings. The Hall–Kier alpha value is -0.900. The third-order valence-electron chi connectivity index (χ3n) is 4.56. The van der Waals surface area contributed by atoms with Crippen LogP contribution in [0.25, 0.3) is 0 Å². The van der Waals surface area contributed by atoms with Gasteiger partial charge in [0.25, 0.3) is 0 Å². The predicted octanol–water partition coefficient (Wildman–Crippen LogP) is 2.53. The zero-order valence-corrected chi connectivity index (χ0v) is 12.8. The molecule has 1 aromatic carbocycles. The minimum absolute atomic E-state index is 0.284. The summed E-state index contributed by atoms with van der Waals surface area (Å²) in [6, 6.07) is 11.7. The first-order valence-electron chi connectivity index (χ1n) is 7.94. The van der Waals surface area contributed by atoms with Crippen molar-refractivity contribution in [3.8, 4) is 0 Å². The number of hydrogen-bond acceptors (Lipinski definition) is 3. The Bertz CT molecular complexity index is 370. The van der Waals surface area contributed by atoms with E-state index in [9.17, 15) is 5.11 Å². The molecule has 0 spiro atoms. The average Bonchev–Trinajstić information content (AvgIpc) is 2.52. The zero-order valence-electron chi connectivity index (χ0n) is 12.8. The Morgan fingerprint density at radius 1 is 0.950 bits per heavy atom. The molecule has 1 heterocycles. The van der Waals surface area contributed by atoms with Crippen LogP contribution in [0.1, 0.15) is 38.3 Å². The van der Waals surface area contributed by atoms with Crippen molar-refractivity contribution in [2.24, 2.45) is 0 Å². The SMILES string of the molecule is CC[C@H](CO)N1CCN([C@H](CC)c2ccccc2)CC1. The molecule has 1 N–H and O–H groups in total. The van der Waals surface area contributed by atoms with Crippen LogP contribution >= 0.6 is 0 Å². The van der Waals surface area contributed by atoms with Crippen molar-refractivity contribution in [3.05, 3.63) is 35.9 Å². The Morgan fingerprint density at radius 2 is 1.55 bits per heavy atom. The summed E-state index contributed by atoms with van der Waals surface area (Å²) in [5, 5.41) is 9.42. The van der Waals surface area contributed by atoms with Gasteiger partial charge in [0.2, 0.25) is 0 Å². The summed E-state index contributed by atoms with van der Waals surface area (Å²) in [5.74, 6) is 0. The highest BCUT2D eigenvalue weighted by Gasteiger charge is 2.26. The number of aliphatic hydroxyl groups is 1. The topological polar surface area (TPSA) is 26.7 Å². The third kappa shape index (κ3) is 3.60. The predicted molar refractivity (Wildman–Crippen MR) is 83.8 cm³/mol. The van der Waals surface area contributed by atoms with E-state index in [0.29, 0.717) is 12.1 Å². The molecule has 1 aliphatic heterocycles. The fraction of sp³-hybridized carbons (Fsp3) is 0.647. The number of piperazine rings is 1. The van der Waals surface area contributed by atoms with Crippen molar-refractivity contribution in [1.82, 2.24) is 9.80 Å². The first kappa shape index (κ1) is 15.5. The van der Waals surface area contributed by atoms with Crippen LogP contribution in [-0.4, -0.2) is 53.7 Å². The Kier molecular flexibility index (Phi) is 6.02. The summed E-state index contributed by atoms with van der Waals surface area (Å²) in [6.07, 6.45) is 2.19. The maximum absolute atomic E-state index is 9.42. The molecular weight excluding hydrogens is 248 g/mol. The molecule has 1 saturated heterocycles. The number of rotatable bonds is 6. The summed E-state index contributed by atoms with van der Waals surface area (Å²) in [4.78, 5) is 5.03. The van der Waals surface area contributed by atoms with E-state index in [4.69, 9.17) is 0 Å². The lowest BCUT2D eigenvalue weighted by molar-refractivity contribution is 0.0443. The van der Waals surface area contributed by atoms with Crippen LogP contribution in [0, 0.1) is 0 Å². The molecule has 20 heavy (non-hydrogen) atoms. The van der Waals surface area contributed by atoms with Crippen LogP contribution in [0.2, 0.25) is 0 Å². The van der Waals surface area contributed by atoms with E-state index in [0.717, 1.165) is 39.0 Å². The van der Waals surface area contributed by atoms with Crippen molar-refractivity contribution in [2.75, 3.05) is 32.8 Å². The summed E-state index contributed by atoms with van der Waals surface area (Å²) in [7, 11) is 0. The first-order chi connectivity index (χ1) is 9.80. The van der Waals surface area contributed by atoms with Crippen molar-refractivity contribution in [1.29, 1.82) is 0 Å². The van der Waals surface area contributed by atoms with E-state index >= 15 is 0 Å². The van der Waals surface area contributed by atoms with Crippen LogP contribution in [0.5, 0.6) is 0 Å². The van der Waals surface area contributed by atoms with Crippen LogP contribution in [-0.2, 0) is 0 Å². The second-order valence-electron chi connectivity index (χ2n) is 5.65. The van der Waals surface area contributed by atoms with Gasteiger partial charge >= 0.3 is 0 Å². The van der Waals surface area contributed by atoms with Gasteiger partial charge in [-0.15, -0.1) is 0 Å². The minimum Gasteiger partial charge on any atom is -0.395 e. The second-order valence-corrected chi connectivity index (χ2v) is 5.65. The molecule has 1 fully saturated rings. The molecule has 0 bridgehead atoms. The maximum atomic E-state index is 9.42. The molecule has 0 aliphatic carbocycles. The Labute approximate surface area is 123 Å². The summed E-state index contributed by atoms with van der Waals surface area (Å²) in [5.41, 5.74) is 1.43. The van der Waals surface area contributed by atoms with E-state index in [-0.39, 0.29) is 6.61 Å². The minimum atomic E-state index is 0.284. The molecule has 0 saturated carbocycles. The first-order valence-corrected chi connectivity index (χ1v) is 7.94. The number of nitrogens with zero attached hydrogens (tertiary/aromatic N) is 2. The van der Waals surface area contributed by atoms with Gasteiger partial charge in [0.05, 0.1) is 6.61 Å². The van der Waals surface area contributed by atoms with Gasteiger partial charge < -0.3 is 5.11 Å². The van der Waals surface area contributed by atoms with E-state index in [2.05, 4.69) is 54.0 Å². The third-order valence-corrected chi connectivity index (χ3v) is 4.56. The van der Waals surface area contributed by atoms with Gasteiger partial charge in [-0.3, -0.25) is 9.80 Å². The molecule has 0 amide bonds. The van der Waals surface area contributed by atoms with Crippen LogP contribution in [0.3, 0.4) is 0 Å². The fourth-order valence-electron chi connectivity index (χ4n) is 3.30. The summed E-state index contributed by atoms with van der Waals surface area (Å²) < 4.78 is 0. The Morgan fingerprint density at radius 3 is 2.05 bits per heavy atom. The lowest BCUT2D eigenvalue weighted by Gasteiger charge is -2.41. The summed E-state index contributed by atoms with van der Waals surface area (Å²) >= 11 is 0. The van der Waals surface area contributed by atoms with Gasteiger partial charge in [-0.05, 0) is 18.4 Å². The molecule has 0 radical (unpaired) electrons. The van der Waals surface area contributed by atoms with E-state index in [1.165, 1.54) is 5.56 Å². The zero-order chi connectivity index (χ0) is 14.4. The molecular formula is C17H28N2O.